The summed E-state index contributed by atoms with van der Waals surface area (Å²) in [6.45, 7) is 6.29. The molecular weight excluding hydrogens is 905 g/mol. The van der Waals surface area contributed by atoms with Crippen LogP contribution >= 0.6 is 23.5 Å². The second-order valence-electron chi connectivity index (χ2n) is 13.8. The van der Waals surface area contributed by atoms with E-state index in [2.05, 4.69) is 23.8 Å². The van der Waals surface area contributed by atoms with Crippen molar-refractivity contribution in [3.8, 4) is 33.8 Å². The maximum Gasteiger partial charge on any atom is 0.407 e. The Hall–Kier alpha value is -6.92. The summed E-state index contributed by atoms with van der Waals surface area (Å²) in [4.78, 5) is 73.0. The molecule has 0 aliphatic heterocycles. The highest BCUT2D eigenvalue weighted by atomic mass is 32.2. The van der Waals surface area contributed by atoms with Gasteiger partial charge in [0.1, 0.15) is 56.7 Å². The lowest BCUT2D eigenvalue weighted by Gasteiger charge is -2.20. The standard InChI is InChI=1S/C49H54N2O14S2/c1-3-44(52)59-27-24-50-48(56)64-38(23-26-58-42-21-13-11-19-40(42)36-15-7-5-8-16-36)32-66-34-46(54)61-29-30-62-47(55)35-67-33-39(65-49(57)51-25-28-60-45(53)4-2)31-63-43-22-14-12-20-41(43)37-17-9-6-10-18-37/h3-22,38-39H,1-2,23-35H2,(H,50,56)(H,51,57)/t38-,39?/m0/s1. The van der Waals surface area contributed by atoms with Crippen LogP contribution in [0.1, 0.15) is 6.42 Å². The fourth-order valence-electron chi connectivity index (χ4n) is 5.73. The largest absolute Gasteiger partial charge is 0.493 e. The van der Waals surface area contributed by atoms with Gasteiger partial charge in [0, 0.05) is 41.2 Å². The molecule has 0 bridgehead atoms. The lowest BCUT2D eigenvalue weighted by atomic mass is 10.1. The van der Waals surface area contributed by atoms with Crippen molar-refractivity contribution in [2.75, 3.05) is 75.7 Å². The first-order chi connectivity index (χ1) is 32.6. The van der Waals surface area contributed by atoms with Crippen molar-refractivity contribution in [1.29, 1.82) is 0 Å². The lowest BCUT2D eigenvalue weighted by Crippen LogP contribution is -2.35. The summed E-state index contributed by atoms with van der Waals surface area (Å²) in [7, 11) is 0. The minimum Gasteiger partial charge on any atom is -0.493 e. The smallest absolute Gasteiger partial charge is 0.407 e. The number of hydrogen-bond donors (Lipinski definition) is 2. The number of thioether (sulfide) groups is 2. The molecule has 0 aliphatic rings. The van der Waals surface area contributed by atoms with Crippen molar-refractivity contribution in [2.24, 2.45) is 0 Å². The molecule has 0 heterocycles. The van der Waals surface area contributed by atoms with Gasteiger partial charge in [-0.2, -0.15) is 0 Å². The van der Waals surface area contributed by atoms with Crippen LogP contribution in [0.25, 0.3) is 22.3 Å². The molecule has 2 N–H and O–H groups in total. The molecule has 0 radical (unpaired) electrons. The van der Waals surface area contributed by atoms with Gasteiger partial charge < -0.3 is 48.5 Å². The number of rotatable bonds is 30. The van der Waals surface area contributed by atoms with Gasteiger partial charge in [0.2, 0.25) is 0 Å². The van der Waals surface area contributed by atoms with Crippen molar-refractivity contribution in [3.05, 3.63) is 135 Å². The third kappa shape index (κ3) is 21.3. The van der Waals surface area contributed by atoms with E-state index in [9.17, 15) is 28.8 Å². The van der Waals surface area contributed by atoms with Crippen LogP contribution in [0.4, 0.5) is 9.59 Å². The summed E-state index contributed by atoms with van der Waals surface area (Å²) >= 11 is 2.34. The normalized spacial score (nSPS) is 11.3. The Morgan fingerprint density at radius 1 is 0.507 bits per heavy atom. The van der Waals surface area contributed by atoms with Crippen LogP contribution in [0.5, 0.6) is 11.5 Å². The number of benzene rings is 4. The first-order valence-electron chi connectivity index (χ1n) is 21.1. The maximum absolute atomic E-state index is 12.6. The molecule has 18 heteroatoms. The SMILES string of the molecule is C=CC(=O)OCCNC(=O)OC(COc1ccccc1-c1ccccc1)CSCC(=O)OCCOC(=O)CSC[C@H](CCOc1ccccc1-c1ccccc1)OC(=O)NCCOC(=O)C=C. The molecule has 4 aromatic rings. The summed E-state index contributed by atoms with van der Waals surface area (Å²) in [5.41, 5.74) is 3.66. The molecule has 2 amide bonds. The van der Waals surface area contributed by atoms with Crippen LogP contribution in [-0.4, -0.2) is 124 Å². The van der Waals surface area contributed by atoms with E-state index in [0.29, 0.717) is 17.9 Å². The van der Waals surface area contributed by atoms with E-state index in [1.54, 1.807) is 6.07 Å². The molecule has 0 saturated heterocycles. The van der Waals surface area contributed by atoms with Crippen LogP contribution in [0.3, 0.4) is 0 Å². The van der Waals surface area contributed by atoms with Gasteiger partial charge in [-0.15, -0.1) is 23.5 Å². The average Bonchev–Trinajstić information content (AvgIpc) is 3.35. The van der Waals surface area contributed by atoms with Gasteiger partial charge in [-0.1, -0.05) is 110 Å². The van der Waals surface area contributed by atoms with Gasteiger partial charge in [-0.05, 0) is 23.3 Å². The van der Waals surface area contributed by atoms with Gasteiger partial charge in [0.05, 0.1) is 31.2 Å². The first-order valence-corrected chi connectivity index (χ1v) is 23.4. The molecule has 0 aliphatic carbocycles. The van der Waals surface area contributed by atoms with E-state index >= 15 is 0 Å². The Morgan fingerprint density at radius 3 is 1.43 bits per heavy atom. The van der Waals surface area contributed by atoms with Gasteiger partial charge in [0.25, 0.3) is 0 Å². The molecule has 16 nitrogen and oxygen atoms in total. The van der Waals surface area contributed by atoms with Crippen molar-refractivity contribution < 1.29 is 66.7 Å². The molecule has 0 saturated carbocycles. The third-order valence-corrected chi connectivity index (χ3v) is 10.9. The predicted molar refractivity (Wildman–Crippen MR) is 255 cm³/mol. The number of hydrogen-bond acceptors (Lipinski definition) is 16. The Kier molecular flexibility index (Phi) is 24.4. The molecule has 0 aromatic heterocycles. The number of alkyl carbamates (subject to hydrolysis) is 2. The van der Waals surface area contributed by atoms with E-state index in [0.717, 1.165) is 46.2 Å². The number of nitrogens with one attached hydrogen (secondary N) is 2. The van der Waals surface area contributed by atoms with Crippen LogP contribution in [0.2, 0.25) is 0 Å². The molecule has 0 spiro atoms. The summed E-state index contributed by atoms with van der Waals surface area (Å²) < 4.78 is 43.7. The van der Waals surface area contributed by atoms with Crippen molar-refractivity contribution >= 4 is 59.6 Å². The van der Waals surface area contributed by atoms with Crippen LogP contribution in [0, 0.1) is 0 Å². The van der Waals surface area contributed by atoms with Crippen LogP contribution < -0.4 is 20.1 Å². The van der Waals surface area contributed by atoms with E-state index in [-0.39, 0.29) is 75.7 Å². The number of esters is 4. The fourth-order valence-corrected chi connectivity index (χ4v) is 7.39. The van der Waals surface area contributed by atoms with Crippen molar-refractivity contribution in [2.45, 2.75) is 18.6 Å². The third-order valence-electron chi connectivity index (χ3n) is 8.83. The second kappa shape index (κ2) is 31.1. The quantitative estimate of drug-likeness (QED) is 0.0233. The monoisotopic (exact) mass is 958 g/mol. The van der Waals surface area contributed by atoms with Crippen molar-refractivity contribution in [3.63, 3.8) is 0 Å². The minimum absolute atomic E-state index is 0.000401. The number of carbonyl (C=O) groups is 6. The molecular formula is C49H54N2O14S2. The summed E-state index contributed by atoms with van der Waals surface area (Å²) in [5.74, 6) is -0.948. The summed E-state index contributed by atoms with van der Waals surface area (Å²) in [5, 5.41) is 5.05. The lowest BCUT2D eigenvalue weighted by molar-refractivity contribution is -0.148. The number of carbonyl (C=O) groups excluding carboxylic acids is 6. The van der Waals surface area contributed by atoms with Gasteiger partial charge >= 0.3 is 36.1 Å². The average molecular weight is 959 g/mol. The maximum atomic E-state index is 12.6. The number of para-hydroxylation sites is 2. The Bertz CT molecular complexity index is 2190. The molecule has 356 valence electrons. The van der Waals surface area contributed by atoms with E-state index < -0.39 is 48.3 Å². The topological polar surface area (TPSA) is 200 Å². The van der Waals surface area contributed by atoms with E-state index in [4.69, 9.17) is 37.9 Å². The molecule has 2 atom stereocenters. The van der Waals surface area contributed by atoms with Crippen LogP contribution in [-0.2, 0) is 47.6 Å². The highest BCUT2D eigenvalue weighted by molar-refractivity contribution is 8.00. The van der Waals surface area contributed by atoms with Gasteiger partial charge in [-0.25, -0.2) is 19.2 Å². The van der Waals surface area contributed by atoms with Crippen LogP contribution in [0.15, 0.2) is 135 Å². The molecule has 0 fully saturated rings. The zero-order valence-electron chi connectivity index (χ0n) is 36.8. The van der Waals surface area contributed by atoms with Gasteiger partial charge in [-0.3, -0.25) is 9.59 Å². The van der Waals surface area contributed by atoms with Crippen molar-refractivity contribution in [1.82, 2.24) is 10.6 Å². The molecule has 4 rings (SSSR count). The zero-order valence-corrected chi connectivity index (χ0v) is 38.5. The summed E-state index contributed by atoms with van der Waals surface area (Å²) in [6, 6.07) is 34.4. The Balaban J connectivity index is 1.19. The summed E-state index contributed by atoms with van der Waals surface area (Å²) in [6.07, 6.45) is -0.648. The van der Waals surface area contributed by atoms with Gasteiger partial charge in [0.15, 0.2) is 0 Å². The minimum atomic E-state index is -0.798. The highest BCUT2D eigenvalue weighted by Gasteiger charge is 2.20. The number of amides is 2. The first kappa shape index (κ1) is 52.7. The molecule has 1 unspecified atom stereocenters. The molecule has 67 heavy (non-hydrogen) atoms. The Morgan fingerprint density at radius 2 is 0.940 bits per heavy atom. The predicted octanol–water partition coefficient (Wildman–Crippen LogP) is 7.07. The van der Waals surface area contributed by atoms with E-state index in [1.165, 1.54) is 11.8 Å². The fraction of sp³-hybridized carbons (Fsp3) is 0.306. The number of ether oxygens (including phenoxy) is 8. The van der Waals surface area contributed by atoms with E-state index in [1.807, 2.05) is 103 Å². The second-order valence-corrected chi connectivity index (χ2v) is 15.9. The Labute approximate surface area is 398 Å². The molecule has 4 aromatic carbocycles. The zero-order chi connectivity index (χ0) is 47.9. The highest BCUT2D eigenvalue weighted by Crippen LogP contribution is 2.31.